The molecule has 2 N–H and O–H groups in total. The molecule has 0 heterocycles. The number of aliphatic hydroxyl groups excluding tert-OH is 1. The van der Waals surface area contributed by atoms with Crippen molar-refractivity contribution in [2.45, 2.75) is 72.3 Å². The molecule has 0 aromatic carbocycles. The second-order valence-electron chi connectivity index (χ2n) is 7.64. The van der Waals surface area contributed by atoms with Gasteiger partial charge in [-0.25, -0.2) is 4.89 Å². The Kier molecular flexibility index (Phi) is 13.4. The van der Waals surface area contributed by atoms with Crippen LogP contribution in [-0.2, 0) is 19.2 Å². The van der Waals surface area contributed by atoms with Crippen LogP contribution in [0.1, 0.15) is 66.7 Å². The lowest BCUT2D eigenvalue weighted by Crippen LogP contribution is -2.20. The Morgan fingerprint density at radius 2 is 1.82 bits per heavy atom. The minimum atomic E-state index is -0.891. The van der Waals surface area contributed by atoms with Crippen molar-refractivity contribution in [1.29, 1.82) is 0 Å². The van der Waals surface area contributed by atoms with Gasteiger partial charge in [0.1, 0.15) is 12.2 Å². The van der Waals surface area contributed by atoms with Crippen LogP contribution >= 0.6 is 0 Å². The minimum absolute atomic E-state index is 0.0135. The van der Waals surface area contributed by atoms with Gasteiger partial charge in [-0.05, 0) is 70.6 Å². The molecule has 0 rings (SSSR count). The zero-order valence-corrected chi connectivity index (χ0v) is 17.9. The number of carbonyl (C=O) groups excluding carboxylic acids is 2. The van der Waals surface area contributed by atoms with Crippen molar-refractivity contribution in [3.05, 3.63) is 35.5 Å². The van der Waals surface area contributed by atoms with Crippen LogP contribution in [0.3, 0.4) is 0 Å². The van der Waals surface area contributed by atoms with E-state index in [2.05, 4.69) is 11.0 Å². The molecular weight excluding hydrogens is 360 g/mol. The Balaban J connectivity index is 4.60. The van der Waals surface area contributed by atoms with E-state index in [1.54, 1.807) is 26.0 Å². The van der Waals surface area contributed by atoms with Crippen molar-refractivity contribution in [1.82, 2.24) is 0 Å². The van der Waals surface area contributed by atoms with Crippen LogP contribution in [0.4, 0.5) is 0 Å². The summed E-state index contributed by atoms with van der Waals surface area (Å²) in [7, 11) is 0. The minimum Gasteiger partial charge on any atom is -0.461 e. The summed E-state index contributed by atoms with van der Waals surface area (Å²) in [5, 5.41) is 17.7. The Hall–Kier alpha value is -1.76. The van der Waals surface area contributed by atoms with Crippen LogP contribution in [0.5, 0.6) is 0 Å². The zero-order chi connectivity index (χ0) is 21.6. The van der Waals surface area contributed by atoms with Crippen LogP contribution in [0, 0.1) is 5.92 Å². The summed E-state index contributed by atoms with van der Waals surface area (Å²) in [6.45, 7) is 8.85. The molecule has 0 aliphatic carbocycles. The summed E-state index contributed by atoms with van der Waals surface area (Å²) in [5.41, 5.74) is 1.26. The normalized spacial score (nSPS) is 14.4. The molecule has 0 saturated carbocycles. The van der Waals surface area contributed by atoms with Gasteiger partial charge in [0.25, 0.3) is 0 Å². The predicted molar refractivity (Wildman–Crippen MR) is 110 cm³/mol. The SMILES string of the molecule is CC(=O)OCC(=CCCC(C)=CCO)CCCC(C)C(=O)C=CC(C)(C)OO. The first-order chi connectivity index (χ1) is 13.1. The Labute approximate surface area is 168 Å². The maximum atomic E-state index is 12.2. The molecule has 0 radical (unpaired) electrons. The Bertz CT molecular complexity index is 572. The lowest BCUT2D eigenvalue weighted by Gasteiger charge is -2.15. The second kappa shape index (κ2) is 14.3. The van der Waals surface area contributed by atoms with Crippen molar-refractivity contribution < 1.29 is 29.6 Å². The third-order valence-corrected chi connectivity index (χ3v) is 4.38. The number of ether oxygens (including phenoxy) is 1. The standard InChI is InChI=1S/C22H36O6/c1-17(13-15-23)8-6-10-20(16-27-19(3)24)11-7-9-18(2)21(25)12-14-22(4,5)28-26/h10,12-14,18,23,26H,6-9,11,15-16H2,1-5H3. The molecule has 1 atom stereocenters. The van der Waals surface area contributed by atoms with E-state index >= 15 is 0 Å². The van der Waals surface area contributed by atoms with Gasteiger partial charge in [0.2, 0.25) is 0 Å². The molecule has 0 saturated heterocycles. The fourth-order valence-corrected chi connectivity index (χ4v) is 2.44. The molecule has 0 aliphatic heterocycles. The second-order valence-corrected chi connectivity index (χ2v) is 7.64. The van der Waals surface area contributed by atoms with Gasteiger partial charge in [-0.1, -0.05) is 24.6 Å². The molecule has 1 unspecified atom stereocenters. The zero-order valence-electron chi connectivity index (χ0n) is 17.9. The number of esters is 1. The van der Waals surface area contributed by atoms with E-state index in [0.29, 0.717) is 6.42 Å². The first-order valence-corrected chi connectivity index (χ1v) is 9.74. The molecule has 6 heteroatoms. The van der Waals surface area contributed by atoms with E-state index in [0.717, 1.165) is 36.8 Å². The number of hydrogen-bond donors (Lipinski definition) is 2. The van der Waals surface area contributed by atoms with Gasteiger partial charge >= 0.3 is 5.97 Å². The molecule has 0 fully saturated rings. The molecule has 0 amide bonds. The van der Waals surface area contributed by atoms with Crippen LogP contribution in [0.15, 0.2) is 35.5 Å². The number of carbonyl (C=O) groups is 2. The average Bonchev–Trinajstić information content (AvgIpc) is 2.63. The van der Waals surface area contributed by atoms with Gasteiger partial charge in [-0.15, -0.1) is 0 Å². The first kappa shape index (κ1) is 26.2. The lowest BCUT2D eigenvalue weighted by molar-refractivity contribution is -0.297. The van der Waals surface area contributed by atoms with E-state index in [9.17, 15) is 9.59 Å². The van der Waals surface area contributed by atoms with Gasteiger partial charge in [0, 0.05) is 12.8 Å². The highest BCUT2D eigenvalue weighted by Gasteiger charge is 2.16. The van der Waals surface area contributed by atoms with E-state index < -0.39 is 5.60 Å². The monoisotopic (exact) mass is 396 g/mol. The lowest BCUT2D eigenvalue weighted by atomic mass is 9.96. The van der Waals surface area contributed by atoms with Crippen molar-refractivity contribution in [2.75, 3.05) is 13.2 Å². The molecule has 6 nitrogen and oxygen atoms in total. The number of rotatable bonds is 14. The quantitative estimate of drug-likeness (QED) is 0.149. The number of allylic oxidation sites excluding steroid dienone is 3. The topological polar surface area (TPSA) is 93.1 Å². The van der Waals surface area contributed by atoms with E-state index in [1.807, 2.05) is 13.8 Å². The summed E-state index contributed by atoms with van der Waals surface area (Å²) < 4.78 is 5.12. The molecule has 0 aromatic heterocycles. The summed E-state index contributed by atoms with van der Waals surface area (Å²) in [6, 6.07) is 0. The summed E-state index contributed by atoms with van der Waals surface area (Å²) in [4.78, 5) is 27.6. The fraction of sp³-hybridized carbons (Fsp3) is 0.636. The Morgan fingerprint density at radius 3 is 2.39 bits per heavy atom. The van der Waals surface area contributed by atoms with E-state index in [-0.39, 0.29) is 30.9 Å². The van der Waals surface area contributed by atoms with Crippen LogP contribution in [0.2, 0.25) is 0 Å². The maximum absolute atomic E-state index is 12.2. The van der Waals surface area contributed by atoms with Crippen LogP contribution in [0.25, 0.3) is 0 Å². The van der Waals surface area contributed by atoms with Crippen molar-refractivity contribution in [3.63, 3.8) is 0 Å². The highest BCUT2D eigenvalue weighted by molar-refractivity contribution is 5.91. The average molecular weight is 397 g/mol. The van der Waals surface area contributed by atoms with E-state index in [4.69, 9.17) is 15.1 Å². The maximum Gasteiger partial charge on any atom is 0.302 e. The molecule has 160 valence electrons. The van der Waals surface area contributed by atoms with Gasteiger partial charge in [0.15, 0.2) is 5.78 Å². The predicted octanol–water partition coefficient (Wildman–Crippen LogP) is 4.39. The third-order valence-electron chi connectivity index (χ3n) is 4.38. The van der Waals surface area contributed by atoms with Gasteiger partial charge in [-0.3, -0.25) is 14.8 Å². The largest absolute Gasteiger partial charge is 0.461 e. The fourth-order valence-electron chi connectivity index (χ4n) is 2.44. The first-order valence-electron chi connectivity index (χ1n) is 9.74. The Morgan fingerprint density at radius 1 is 1.14 bits per heavy atom. The number of aliphatic hydroxyl groups is 1. The van der Waals surface area contributed by atoms with E-state index in [1.165, 1.54) is 13.0 Å². The number of hydrogen-bond acceptors (Lipinski definition) is 6. The highest BCUT2D eigenvalue weighted by Crippen LogP contribution is 2.17. The molecule has 0 bridgehead atoms. The summed E-state index contributed by atoms with van der Waals surface area (Å²) in [5.74, 6) is -0.472. The molecule has 0 spiro atoms. The summed E-state index contributed by atoms with van der Waals surface area (Å²) >= 11 is 0. The number of ketones is 1. The van der Waals surface area contributed by atoms with Crippen molar-refractivity contribution >= 4 is 11.8 Å². The third kappa shape index (κ3) is 13.4. The van der Waals surface area contributed by atoms with Crippen molar-refractivity contribution in [2.24, 2.45) is 5.92 Å². The smallest absolute Gasteiger partial charge is 0.302 e. The molecular formula is C22H36O6. The summed E-state index contributed by atoms with van der Waals surface area (Å²) in [6.07, 6.45) is 10.8. The molecule has 28 heavy (non-hydrogen) atoms. The van der Waals surface area contributed by atoms with Gasteiger partial charge < -0.3 is 9.84 Å². The molecule has 0 aromatic rings. The van der Waals surface area contributed by atoms with Crippen LogP contribution in [-0.4, -0.2) is 40.9 Å². The van der Waals surface area contributed by atoms with Crippen molar-refractivity contribution in [3.8, 4) is 0 Å². The van der Waals surface area contributed by atoms with Gasteiger partial charge in [0.05, 0.1) is 6.61 Å². The highest BCUT2D eigenvalue weighted by atomic mass is 17.1. The van der Waals surface area contributed by atoms with Gasteiger partial charge in [-0.2, -0.15) is 0 Å². The van der Waals surface area contributed by atoms with Crippen LogP contribution < -0.4 is 0 Å². The molecule has 0 aliphatic rings.